The lowest BCUT2D eigenvalue weighted by atomic mass is 9.80. The fraction of sp³-hybridized carbons (Fsp3) is 0.316. The maximum absolute atomic E-state index is 13.6. The number of rotatable bonds is 4. The smallest absolute Gasteiger partial charge is 0.138 e. The average Bonchev–Trinajstić information content (AvgIpc) is 2.54. The first kappa shape index (κ1) is 14.8. The molecule has 1 N–H and O–H groups in total. The van der Waals surface area contributed by atoms with Crippen LogP contribution in [0.15, 0.2) is 54.6 Å². The fourth-order valence-corrected chi connectivity index (χ4v) is 3.19. The van der Waals surface area contributed by atoms with Crippen LogP contribution in [-0.2, 0) is 4.79 Å². The van der Waals surface area contributed by atoms with Gasteiger partial charge in [-0.1, -0.05) is 36.8 Å². The molecule has 0 bridgehead atoms. The molecular weight excluding hydrogens is 277 g/mol. The Hall–Kier alpha value is -2.16. The van der Waals surface area contributed by atoms with Crippen LogP contribution in [0.4, 0.5) is 10.1 Å². The van der Waals surface area contributed by atoms with Crippen molar-refractivity contribution in [1.82, 2.24) is 0 Å². The Kier molecular flexibility index (Phi) is 4.52. The van der Waals surface area contributed by atoms with Crippen molar-refractivity contribution >= 4 is 11.5 Å². The molecule has 2 aromatic carbocycles. The highest BCUT2D eigenvalue weighted by molar-refractivity contribution is 5.83. The second-order valence-electron chi connectivity index (χ2n) is 5.86. The Morgan fingerprint density at radius 1 is 1.05 bits per heavy atom. The summed E-state index contributed by atoms with van der Waals surface area (Å²) in [4.78, 5) is 12.4. The van der Waals surface area contributed by atoms with Crippen molar-refractivity contribution in [3.8, 4) is 0 Å². The molecule has 1 aliphatic carbocycles. The summed E-state index contributed by atoms with van der Waals surface area (Å²) in [7, 11) is 0. The van der Waals surface area contributed by atoms with Gasteiger partial charge in [-0.15, -0.1) is 0 Å². The summed E-state index contributed by atoms with van der Waals surface area (Å²) in [6.07, 6.45) is 3.52. The van der Waals surface area contributed by atoms with Crippen LogP contribution in [0.5, 0.6) is 0 Å². The minimum absolute atomic E-state index is 0.0873. The van der Waals surface area contributed by atoms with Crippen molar-refractivity contribution < 1.29 is 9.18 Å². The van der Waals surface area contributed by atoms with E-state index in [4.69, 9.17) is 0 Å². The molecule has 1 saturated carbocycles. The average molecular weight is 297 g/mol. The summed E-state index contributed by atoms with van der Waals surface area (Å²) in [6.45, 7) is 0. The highest BCUT2D eigenvalue weighted by Crippen LogP contribution is 2.35. The third kappa shape index (κ3) is 3.35. The molecule has 0 heterocycles. The van der Waals surface area contributed by atoms with Crippen LogP contribution in [0.1, 0.15) is 37.3 Å². The summed E-state index contributed by atoms with van der Waals surface area (Å²) < 4.78 is 13.6. The van der Waals surface area contributed by atoms with E-state index in [1.165, 1.54) is 12.1 Å². The molecule has 22 heavy (non-hydrogen) atoms. The highest BCUT2D eigenvalue weighted by atomic mass is 19.1. The number of Topliss-reactive ketones (excluding diaryl/α,β-unsaturated/α-hetero) is 1. The Labute approximate surface area is 130 Å². The van der Waals surface area contributed by atoms with Gasteiger partial charge in [0.2, 0.25) is 0 Å². The number of benzene rings is 2. The minimum Gasteiger partial charge on any atom is -0.378 e. The molecule has 0 aliphatic heterocycles. The lowest BCUT2D eigenvalue weighted by Crippen LogP contribution is -2.30. The van der Waals surface area contributed by atoms with Crippen LogP contribution < -0.4 is 5.32 Å². The van der Waals surface area contributed by atoms with Gasteiger partial charge in [-0.05, 0) is 42.7 Å². The SMILES string of the molecule is O=C1CCCC[C@@H]1[C@@H](Nc1ccccc1)c1cccc(F)c1. The monoisotopic (exact) mass is 297 g/mol. The lowest BCUT2D eigenvalue weighted by Gasteiger charge is -2.31. The van der Waals surface area contributed by atoms with Crippen LogP contribution in [0.3, 0.4) is 0 Å². The fourth-order valence-electron chi connectivity index (χ4n) is 3.19. The van der Waals surface area contributed by atoms with Gasteiger partial charge in [0.1, 0.15) is 11.6 Å². The highest BCUT2D eigenvalue weighted by Gasteiger charge is 2.31. The minimum atomic E-state index is -0.263. The van der Waals surface area contributed by atoms with Crippen LogP contribution >= 0.6 is 0 Å². The molecule has 0 unspecified atom stereocenters. The van der Waals surface area contributed by atoms with Gasteiger partial charge in [-0.25, -0.2) is 4.39 Å². The van der Waals surface area contributed by atoms with Crippen LogP contribution in [-0.4, -0.2) is 5.78 Å². The third-order valence-electron chi connectivity index (χ3n) is 4.31. The predicted octanol–water partition coefficient (Wildman–Crippen LogP) is 4.74. The van der Waals surface area contributed by atoms with Gasteiger partial charge in [0, 0.05) is 18.0 Å². The van der Waals surface area contributed by atoms with Gasteiger partial charge in [0.05, 0.1) is 6.04 Å². The topological polar surface area (TPSA) is 29.1 Å². The summed E-state index contributed by atoms with van der Waals surface area (Å²) in [5.41, 5.74) is 1.79. The molecule has 2 aromatic rings. The van der Waals surface area contributed by atoms with E-state index < -0.39 is 0 Å². The number of hydrogen-bond acceptors (Lipinski definition) is 2. The van der Waals surface area contributed by atoms with Crippen molar-refractivity contribution in [3.05, 3.63) is 66.0 Å². The predicted molar refractivity (Wildman–Crippen MR) is 86.2 cm³/mol. The zero-order chi connectivity index (χ0) is 15.4. The molecule has 0 radical (unpaired) electrons. The Balaban J connectivity index is 1.92. The number of carbonyl (C=O) groups excluding carboxylic acids is 1. The number of ketones is 1. The molecule has 1 aliphatic rings. The molecule has 0 aromatic heterocycles. The molecule has 3 rings (SSSR count). The molecule has 114 valence electrons. The maximum Gasteiger partial charge on any atom is 0.138 e. The zero-order valence-corrected chi connectivity index (χ0v) is 12.5. The molecule has 2 nitrogen and oxygen atoms in total. The first-order valence-corrected chi connectivity index (χ1v) is 7.84. The first-order chi connectivity index (χ1) is 10.7. The van der Waals surface area contributed by atoms with E-state index in [1.54, 1.807) is 6.07 Å². The molecule has 0 spiro atoms. The molecule has 0 amide bonds. The number of halogens is 1. The number of anilines is 1. The van der Waals surface area contributed by atoms with Gasteiger partial charge in [-0.3, -0.25) is 4.79 Å². The van der Waals surface area contributed by atoms with Gasteiger partial charge in [0.15, 0.2) is 0 Å². The molecule has 1 fully saturated rings. The van der Waals surface area contributed by atoms with E-state index in [0.717, 1.165) is 30.5 Å². The quantitative estimate of drug-likeness (QED) is 0.883. The summed E-state index contributed by atoms with van der Waals surface area (Å²) in [5.74, 6) is -0.0691. The number of carbonyl (C=O) groups is 1. The second-order valence-corrected chi connectivity index (χ2v) is 5.86. The van der Waals surface area contributed by atoms with Crippen molar-refractivity contribution in [2.45, 2.75) is 31.7 Å². The van der Waals surface area contributed by atoms with Crippen molar-refractivity contribution in [2.24, 2.45) is 5.92 Å². The lowest BCUT2D eigenvalue weighted by molar-refractivity contribution is -0.125. The van der Waals surface area contributed by atoms with Crippen molar-refractivity contribution in [3.63, 3.8) is 0 Å². The van der Waals surface area contributed by atoms with E-state index in [1.807, 2.05) is 36.4 Å². The van der Waals surface area contributed by atoms with E-state index in [-0.39, 0.29) is 23.6 Å². The van der Waals surface area contributed by atoms with E-state index >= 15 is 0 Å². The van der Waals surface area contributed by atoms with Crippen LogP contribution in [0.2, 0.25) is 0 Å². The van der Waals surface area contributed by atoms with Gasteiger partial charge in [-0.2, -0.15) is 0 Å². The van der Waals surface area contributed by atoms with Crippen molar-refractivity contribution in [2.75, 3.05) is 5.32 Å². The Bertz CT molecular complexity index is 641. The zero-order valence-electron chi connectivity index (χ0n) is 12.5. The van der Waals surface area contributed by atoms with Gasteiger partial charge >= 0.3 is 0 Å². The largest absolute Gasteiger partial charge is 0.378 e. The summed E-state index contributed by atoms with van der Waals surface area (Å²) >= 11 is 0. The number of nitrogens with one attached hydrogen (secondary N) is 1. The first-order valence-electron chi connectivity index (χ1n) is 7.84. The Morgan fingerprint density at radius 3 is 2.59 bits per heavy atom. The molecule has 2 atom stereocenters. The second kappa shape index (κ2) is 6.73. The number of para-hydroxylation sites is 1. The summed E-state index contributed by atoms with van der Waals surface area (Å²) in [6, 6.07) is 16.2. The van der Waals surface area contributed by atoms with Crippen LogP contribution in [0, 0.1) is 11.7 Å². The third-order valence-corrected chi connectivity index (χ3v) is 4.31. The number of hydrogen-bond donors (Lipinski definition) is 1. The van der Waals surface area contributed by atoms with E-state index in [0.29, 0.717) is 6.42 Å². The van der Waals surface area contributed by atoms with Gasteiger partial charge in [0.25, 0.3) is 0 Å². The summed E-state index contributed by atoms with van der Waals surface area (Å²) in [5, 5.41) is 3.44. The normalized spacial score (nSPS) is 19.7. The Morgan fingerprint density at radius 2 is 1.86 bits per heavy atom. The van der Waals surface area contributed by atoms with Gasteiger partial charge < -0.3 is 5.32 Å². The van der Waals surface area contributed by atoms with Crippen molar-refractivity contribution in [1.29, 1.82) is 0 Å². The van der Waals surface area contributed by atoms with Crippen LogP contribution in [0.25, 0.3) is 0 Å². The van der Waals surface area contributed by atoms with E-state index in [9.17, 15) is 9.18 Å². The van der Waals surface area contributed by atoms with E-state index in [2.05, 4.69) is 5.32 Å². The molecule has 3 heteroatoms. The molecule has 0 saturated heterocycles. The standard InChI is InChI=1S/C19H20FNO/c20-15-8-6-7-14(13-15)19(17-11-4-5-12-18(17)22)21-16-9-2-1-3-10-16/h1-3,6-10,13,17,19,21H,4-5,11-12H2/t17-,19-/m0/s1. The molecular formula is C19H20FNO. The maximum atomic E-state index is 13.6.